The van der Waals surface area contributed by atoms with Crippen molar-refractivity contribution < 1.29 is 14.1 Å². The molecule has 0 spiro atoms. The number of carbonyl (C=O) groups is 1. The summed E-state index contributed by atoms with van der Waals surface area (Å²) in [6.07, 6.45) is 0. The molecule has 1 aliphatic rings. The van der Waals surface area contributed by atoms with E-state index < -0.39 is 0 Å². The van der Waals surface area contributed by atoms with E-state index in [1.807, 2.05) is 18.2 Å². The molecule has 1 aromatic carbocycles. The molecule has 0 aliphatic carbocycles. The van der Waals surface area contributed by atoms with Gasteiger partial charge in [-0.15, -0.1) is 0 Å². The van der Waals surface area contributed by atoms with Gasteiger partial charge in [-0.2, -0.15) is 0 Å². The Kier molecular flexibility index (Phi) is 2.72. The smallest absolute Gasteiger partial charge is 0.264 e. The van der Waals surface area contributed by atoms with Gasteiger partial charge in [0.1, 0.15) is 5.75 Å². The number of nitrogens with two attached hydrogens (primary N) is 1. The largest absolute Gasteiger partial charge is 0.482 e. The molecule has 98 valence electrons. The normalized spacial score (nSPS) is 14.2. The van der Waals surface area contributed by atoms with E-state index in [2.05, 4.69) is 5.16 Å². The van der Waals surface area contributed by atoms with Gasteiger partial charge < -0.3 is 19.9 Å². The Morgan fingerprint density at radius 3 is 3.00 bits per heavy atom. The van der Waals surface area contributed by atoms with E-state index in [0.29, 0.717) is 23.7 Å². The van der Waals surface area contributed by atoms with E-state index >= 15 is 0 Å². The van der Waals surface area contributed by atoms with E-state index in [0.717, 1.165) is 11.3 Å². The number of benzene rings is 1. The molecule has 3 rings (SSSR count). The molecule has 0 saturated carbocycles. The van der Waals surface area contributed by atoms with Gasteiger partial charge in [-0.25, -0.2) is 0 Å². The Morgan fingerprint density at radius 1 is 1.42 bits per heavy atom. The van der Waals surface area contributed by atoms with Gasteiger partial charge in [0, 0.05) is 25.2 Å². The summed E-state index contributed by atoms with van der Waals surface area (Å²) >= 11 is 0. The first-order valence-corrected chi connectivity index (χ1v) is 5.88. The van der Waals surface area contributed by atoms with Crippen LogP contribution in [0.15, 0.2) is 28.8 Å². The van der Waals surface area contributed by atoms with Crippen molar-refractivity contribution in [2.45, 2.75) is 6.54 Å². The van der Waals surface area contributed by atoms with E-state index in [4.69, 9.17) is 15.0 Å². The molecule has 6 heteroatoms. The molecule has 1 amide bonds. The van der Waals surface area contributed by atoms with Gasteiger partial charge >= 0.3 is 0 Å². The highest BCUT2D eigenvalue weighted by Crippen LogP contribution is 2.35. The molecule has 2 heterocycles. The molecular formula is C13H13N3O3. The van der Waals surface area contributed by atoms with Crippen molar-refractivity contribution in [1.29, 1.82) is 0 Å². The molecule has 0 saturated heterocycles. The monoisotopic (exact) mass is 259 g/mol. The number of nitrogens with zero attached hydrogens (tertiary/aromatic N) is 2. The van der Waals surface area contributed by atoms with Crippen LogP contribution in [0.2, 0.25) is 0 Å². The molecule has 1 aliphatic heterocycles. The van der Waals surface area contributed by atoms with Crippen LogP contribution in [0.3, 0.4) is 0 Å². The van der Waals surface area contributed by atoms with Crippen LogP contribution in [0, 0.1) is 0 Å². The third-order valence-electron chi connectivity index (χ3n) is 3.10. The summed E-state index contributed by atoms with van der Waals surface area (Å²) < 4.78 is 10.6. The van der Waals surface area contributed by atoms with Crippen molar-refractivity contribution >= 4 is 11.6 Å². The van der Waals surface area contributed by atoms with Crippen molar-refractivity contribution in [3.63, 3.8) is 0 Å². The number of carbonyl (C=O) groups excluding carboxylic acids is 1. The fraction of sp³-hybridized carbons (Fsp3) is 0.231. The fourth-order valence-electron chi connectivity index (χ4n) is 1.97. The minimum Gasteiger partial charge on any atom is -0.482 e. The van der Waals surface area contributed by atoms with Gasteiger partial charge in [-0.1, -0.05) is 5.16 Å². The van der Waals surface area contributed by atoms with Gasteiger partial charge in [0.05, 0.1) is 11.4 Å². The zero-order valence-corrected chi connectivity index (χ0v) is 10.4. The van der Waals surface area contributed by atoms with Gasteiger partial charge in [0.2, 0.25) is 0 Å². The summed E-state index contributed by atoms with van der Waals surface area (Å²) in [6, 6.07) is 7.31. The number of fused-ring (bicyclic) bond motifs is 1. The van der Waals surface area contributed by atoms with Crippen LogP contribution >= 0.6 is 0 Å². The van der Waals surface area contributed by atoms with Crippen LogP contribution in [-0.2, 0) is 11.3 Å². The van der Waals surface area contributed by atoms with Crippen molar-refractivity contribution in [2.24, 2.45) is 5.73 Å². The Morgan fingerprint density at radius 2 is 2.26 bits per heavy atom. The first kappa shape index (κ1) is 11.7. The maximum atomic E-state index is 11.6. The molecule has 0 unspecified atom stereocenters. The molecule has 0 bridgehead atoms. The van der Waals surface area contributed by atoms with E-state index in [9.17, 15) is 4.79 Å². The first-order valence-electron chi connectivity index (χ1n) is 5.88. The van der Waals surface area contributed by atoms with Crippen LogP contribution < -0.4 is 15.4 Å². The minimum absolute atomic E-state index is 0.0719. The molecule has 6 nitrogen and oxygen atoms in total. The number of anilines is 1. The van der Waals surface area contributed by atoms with Crippen LogP contribution in [0.4, 0.5) is 5.69 Å². The zero-order valence-electron chi connectivity index (χ0n) is 10.4. The molecule has 19 heavy (non-hydrogen) atoms. The lowest BCUT2D eigenvalue weighted by atomic mass is 10.1. The van der Waals surface area contributed by atoms with E-state index in [1.54, 1.807) is 18.0 Å². The topological polar surface area (TPSA) is 81.6 Å². The second-order valence-electron chi connectivity index (χ2n) is 4.31. The van der Waals surface area contributed by atoms with Gasteiger partial charge in [-0.3, -0.25) is 4.79 Å². The molecule has 2 N–H and O–H groups in total. The fourth-order valence-corrected chi connectivity index (χ4v) is 1.97. The summed E-state index contributed by atoms with van der Waals surface area (Å²) in [7, 11) is 1.72. The van der Waals surface area contributed by atoms with Gasteiger partial charge in [0.25, 0.3) is 5.91 Å². The predicted molar refractivity (Wildman–Crippen MR) is 68.7 cm³/mol. The minimum atomic E-state index is -0.0788. The average Bonchev–Trinajstić information content (AvgIpc) is 2.92. The lowest BCUT2D eigenvalue weighted by molar-refractivity contribution is -0.120. The lowest BCUT2D eigenvalue weighted by Crippen LogP contribution is -2.35. The van der Waals surface area contributed by atoms with Gasteiger partial charge in [0.15, 0.2) is 12.4 Å². The van der Waals surface area contributed by atoms with E-state index in [-0.39, 0.29) is 12.5 Å². The van der Waals surface area contributed by atoms with E-state index in [1.165, 1.54) is 0 Å². The van der Waals surface area contributed by atoms with Crippen LogP contribution in [-0.4, -0.2) is 24.7 Å². The highest BCUT2D eigenvalue weighted by atomic mass is 16.5. The van der Waals surface area contributed by atoms with Crippen molar-refractivity contribution in [3.05, 3.63) is 30.0 Å². The number of hydrogen-bond donors (Lipinski definition) is 1. The van der Waals surface area contributed by atoms with Crippen LogP contribution in [0.25, 0.3) is 11.3 Å². The zero-order chi connectivity index (χ0) is 13.4. The molecule has 1 aromatic heterocycles. The average molecular weight is 259 g/mol. The first-order chi connectivity index (χ1) is 9.19. The SMILES string of the molecule is CN1C(=O)COc2ccc(-c3cc(CN)no3)cc21. The van der Waals surface area contributed by atoms with Crippen molar-refractivity contribution in [1.82, 2.24) is 5.16 Å². The Bertz CT molecular complexity index is 636. The molecule has 0 fully saturated rings. The summed E-state index contributed by atoms with van der Waals surface area (Å²) in [5.74, 6) is 1.23. The summed E-state index contributed by atoms with van der Waals surface area (Å²) in [6.45, 7) is 0.401. The number of hydrogen-bond acceptors (Lipinski definition) is 5. The third-order valence-corrected chi connectivity index (χ3v) is 3.10. The Balaban J connectivity index is 2.03. The number of likely N-dealkylation sites (N-methyl/N-ethyl adjacent to an activating group) is 1. The highest BCUT2D eigenvalue weighted by molar-refractivity contribution is 5.98. The highest BCUT2D eigenvalue weighted by Gasteiger charge is 2.23. The quantitative estimate of drug-likeness (QED) is 0.875. The van der Waals surface area contributed by atoms with Crippen molar-refractivity contribution in [2.75, 3.05) is 18.6 Å². The lowest BCUT2D eigenvalue weighted by Gasteiger charge is -2.26. The number of rotatable bonds is 2. The molecular weight excluding hydrogens is 246 g/mol. The summed E-state index contributed by atoms with van der Waals surface area (Å²) in [5.41, 5.74) is 7.74. The van der Waals surface area contributed by atoms with Crippen LogP contribution in [0.5, 0.6) is 5.75 Å². The molecule has 0 atom stereocenters. The van der Waals surface area contributed by atoms with Crippen molar-refractivity contribution in [3.8, 4) is 17.1 Å². The van der Waals surface area contributed by atoms with Gasteiger partial charge in [-0.05, 0) is 18.2 Å². The molecule has 2 aromatic rings. The standard InChI is InChI=1S/C13H13N3O3/c1-16-10-4-8(12-5-9(6-14)15-19-12)2-3-11(10)18-7-13(16)17/h2-5H,6-7,14H2,1H3. The Labute approximate surface area is 109 Å². The number of amides is 1. The third kappa shape index (κ3) is 1.96. The second kappa shape index (κ2) is 4.40. The maximum absolute atomic E-state index is 11.6. The second-order valence-corrected chi connectivity index (χ2v) is 4.31. The maximum Gasteiger partial charge on any atom is 0.264 e. The summed E-state index contributed by atoms with van der Waals surface area (Å²) in [4.78, 5) is 13.2. The van der Waals surface area contributed by atoms with Crippen LogP contribution in [0.1, 0.15) is 5.69 Å². The summed E-state index contributed by atoms with van der Waals surface area (Å²) in [5, 5.41) is 3.85. The molecule has 0 radical (unpaired) electrons. The Hall–Kier alpha value is -2.34. The predicted octanol–water partition coefficient (Wildman–Crippen LogP) is 1.16. The number of aromatic nitrogens is 1. The number of ether oxygens (including phenoxy) is 1.